The number of phosphoric ester groups is 1. The predicted molar refractivity (Wildman–Crippen MR) is 388 cm³/mol. The van der Waals surface area contributed by atoms with E-state index in [-0.39, 0.29) is 33.1 Å². The van der Waals surface area contributed by atoms with Crippen molar-refractivity contribution in [3.63, 3.8) is 0 Å². The molecule has 15 rings (SSSR count). The quantitative estimate of drug-likeness (QED) is 0.0614. The van der Waals surface area contributed by atoms with Crippen molar-refractivity contribution in [2.45, 2.75) is 39.8 Å². The number of morpholine rings is 3. The van der Waals surface area contributed by atoms with E-state index in [1.165, 1.54) is 31.9 Å². The van der Waals surface area contributed by atoms with E-state index < -0.39 is 62.1 Å². The van der Waals surface area contributed by atoms with Gasteiger partial charge in [-0.1, -0.05) is 36.4 Å². The summed E-state index contributed by atoms with van der Waals surface area (Å²) in [5.74, 6) is -1.41. The summed E-state index contributed by atoms with van der Waals surface area (Å²) in [5.41, 5.74) is 6.73. The zero-order valence-corrected chi connectivity index (χ0v) is 59.6. The molecule has 3 aromatic carbocycles. The van der Waals surface area contributed by atoms with Crippen LogP contribution in [0.15, 0.2) is 193 Å². The molecule has 29 heteroatoms. The Morgan fingerprint density at radius 2 is 0.693 bits per heavy atom. The minimum atomic E-state index is -4.87. The molecule has 101 heavy (non-hydrogen) atoms. The number of benzene rings is 3. The lowest BCUT2D eigenvalue weighted by Crippen LogP contribution is -2.36. The summed E-state index contributed by atoms with van der Waals surface area (Å²) >= 11 is 9.77. The molecule has 12 aromatic rings. The summed E-state index contributed by atoms with van der Waals surface area (Å²) < 4.78 is 109. The molecule has 0 aliphatic carbocycles. The third-order valence-electron chi connectivity index (χ3n) is 18.3. The number of hydrogen-bond donors (Lipinski definition) is 0. The molecule has 22 nitrogen and oxygen atoms in total. The highest BCUT2D eigenvalue weighted by molar-refractivity contribution is 9.11. The molecular formula is C72H63Br3F3N12O10P. The second-order valence-corrected chi connectivity index (χ2v) is 28.8. The number of aromatic nitrogens is 9. The molecule has 0 amide bonds. The fraction of sp³-hybridized carbons (Fsp3) is 0.250. The van der Waals surface area contributed by atoms with Gasteiger partial charge in [-0.2, -0.15) is 0 Å². The summed E-state index contributed by atoms with van der Waals surface area (Å²) in [5, 5.41) is 1.90. The molecule has 9 aromatic heterocycles. The topological polar surface area (TPSA) is 202 Å². The molecule has 3 aliphatic rings. The van der Waals surface area contributed by atoms with Crippen LogP contribution in [0, 0.1) is 17.5 Å². The number of fused-ring (bicyclic) bond motifs is 3. The summed E-state index contributed by atoms with van der Waals surface area (Å²) in [4.78, 5) is 63.5. The molecular weight excluding hydrogens is 1520 g/mol. The van der Waals surface area contributed by atoms with Gasteiger partial charge in [-0.25, -0.2) is 32.7 Å². The van der Waals surface area contributed by atoms with Crippen LogP contribution >= 0.6 is 55.6 Å². The normalized spacial score (nSPS) is 14.7. The van der Waals surface area contributed by atoms with E-state index in [0.29, 0.717) is 162 Å². The van der Waals surface area contributed by atoms with Crippen LogP contribution in [0.25, 0.3) is 66.5 Å². The van der Waals surface area contributed by atoms with E-state index in [2.05, 4.69) is 62.5 Å². The Bertz CT molecular complexity index is 4880. The van der Waals surface area contributed by atoms with Gasteiger partial charge in [0.25, 0.3) is 16.7 Å². The van der Waals surface area contributed by atoms with Crippen molar-refractivity contribution in [1.82, 2.24) is 42.4 Å². The lowest BCUT2D eigenvalue weighted by molar-refractivity contribution is 0.0564. The summed E-state index contributed by atoms with van der Waals surface area (Å²) in [7, 11) is -4.87. The molecule has 0 atom stereocenters. The number of nitrogens with zero attached hydrogens (tertiary/aromatic N) is 12. The van der Waals surface area contributed by atoms with Crippen molar-refractivity contribution < 1.29 is 45.5 Å². The fourth-order valence-corrected chi connectivity index (χ4v) is 15.2. The Balaban J connectivity index is 0.807. The van der Waals surface area contributed by atoms with Crippen molar-refractivity contribution in [2.24, 2.45) is 0 Å². The summed E-state index contributed by atoms with van der Waals surface area (Å²) in [6.45, 7) is 5.23. The van der Waals surface area contributed by atoms with Gasteiger partial charge in [-0.3, -0.25) is 28.0 Å². The highest BCUT2D eigenvalue weighted by Gasteiger charge is 2.31. The zero-order valence-electron chi connectivity index (χ0n) is 54.0. The molecule has 0 bridgehead atoms. The molecule has 3 saturated heterocycles. The first-order valence-electron chi connectivity index (χ1n) is 32.5. The largest absolute Gasteiger partial charge is 0.480 e. The second kappa shape index (κ2) is 29.3. The maximum atomic E-state index is 16.1. The molecule has 0 saturated carbocycles. The fourth-order valence-electron chi connectivity index (χ4n) is 12.9. The molecule has 0 N–H and O–H groups in total. The third-order valence-corrected chi connectivity index (χ3v) is 21.5. The van der Waals surface area contributed by atoms with E-state index in [1.807, 2.05) is 18.2 Å². The van der Waals surface area contributed by atoms with Crippen molar-refractivity contribution >= 4 is 106 Å². The van der Waals surface area contributed by atoms with Gasteiger partial charge in [0.15, 0.2) is 0 Å². The number of anilines is 3. The van der Waals surface area contributed by atoms with Gasteiger partial charge in [0, 0.05) is 144 Å². The molecule has 518 valence electrons. The van der Waals surface area contributed by atoms with Gasteiger partial charge in [-0.05, 0) is 119 Å². The van der Waals surface area contributed by atoms with Gasteiger partial charge in [-0.15, -0.1) is 0 Å². The standard InChI is InChI=1S/C72H63Br3F3N12O10P/c73-61-7-1-4-49(67(61)76)37-85-13-10-46(28-64(85)91)58-40-88(70-55(58)31-52(34-79-70)82-16-22-95-23-17-82)43-98-101(94,99-44-89-41-59(56-32-53(35-80-71(56)89)83-18-24-96-25-19-83)47-11-14-86(65(92)29-47)38-50-5-2-8-62(74)68(50)77)100-45-90-42-60(57-33-54(36-81-72(57)90)84-20-26-97-27-21-84)48-12-15-87(66(93)30-48)39-51-6-3-9-63(75)69(51)78/h1-15,28-36,40-42H,16-27,37-39,43-45H2. The van der Waals surface area contributed by atoms with Crippen LogP contribution in [-0.2, 0) is 72.2 Å². The van der Waals surface area contributed by atoms with Crippen LogP contribution in [0.1, 0.15) is 16.7 Å². The first kappa shape index (κ1) is 68.0. The molecule has 12 heterocycles. The smallest absolute Gasteiger partial charge is 0.378 e. The maximum absolute atomic E-state index is 16.1. The molecule has 3 aliphatic heterocycles. The Morgan fingerprint density at radius 3 is 0.970 bits per heavy atom. The van der Waals surface area contributed by atoms with Crippen LogP contribution in [0.2, 0.25) is 0 Å². The SMILES string of the molecule is O=c1cc(-c2cn(COP(=O)(OCn3cc(-c4ccn(Cc5cccc(Br)c5F)c(=O)c4)c4cc(N5CCOCC5)cnc43)OCn3cc(-c4ccn(Cc5cccc(Br)c5F)c(=O)c4)c4cc(N5CCOCC5)cnc43)c3ncc(N4CCOCC4)cc23)ccn1Cc1cccc(Br)c1F. The van der Waals surface area contributed by atoms with Crippen molar-refractivity contribution in [2.75, 3.05) is 93.6 Å². The maximum Gasteiger partial charge on any atom is 0.480 e. The lowest BCUT2D eigenvalue weighted by atomic mass is 10.1. The van der Waals surface area contributed by atoms with Gasteiger partial charge >= 0.3 is 7.82 Å². The lowest BCUT2D eigenvalue weighted by Gasteiger charge is -2.28. The van der Waals surface area contributed by atoms with Gasteiger partial charge in [0.1, 0.15) is 54.6 Å². The van der Waals surface area contributed by atoms with Crippen molar-refractivity contribution in [3.05, 3.63) is 244 Å². The number of hydrogen-bond acceptors (Lipinski definition) is 16. The van der Waals surface area contributed by atoms with E-state index >= 15 is 17.7 Å². The van der Waals surface area contributed by atoms with E-state index in [4.69, 9.17) is 42.7 Å². The van der Waals surface area contributed by atoms with Crippen LogP contribution in [0.4, 0.5) is 30.2 Å². The van der Waals surface area contributed by atoms with Crippen LogP contribution in [0.5, 0.6) is 0 Å². The Hall–Kier alpha value is -8.80. The van der Waals surface area contributed by atoms with E-state index in [0.717, 1.165) is 17.1 Å². The van der Waals surface area contributed by atoms with Gasteiger partial charge < -0.3 is 56.3 Å². The number of ether oxygens (including phenoxy) is 3. The van der Waals surface area contributed by atoms with Gasteiger partial charge in [0.05, 0.1) is 108 Å². The monoisotopic (exact) mass is 1580 g/mol. The number of phosphoric acid groups is 1. The minimum Gasteiger partial charge on any atom is -0.378 e. The average Bonchev–Trinajstić information content (AvgIpc) is 1.64. The highest BCUT2D eigenvalue weighted by Crippen LogP contribution is 2.52. The number of rotatable bonds is 21. The summed E-state index contributed by atoms with van der Waals surface area (Å²) in [6, 6.07) is 30.4. The summed E-state index contributed by atoms with van der Waals surface area (Å²) in [6.07, 6.45) is 15.3. The van der Waals surface area contributed by atoms with Crippen molar-refractivity contribution in [3.8, 4) is 33.4 Å². The Labute approximate surface area is 600 Å². The molecule has 0 spiro atoms. The zero-order chi connectivity index (χ0) is 69.5. The Kier molecular flexibility index (Phi) is 19.7. The highest BCUT2D eigenvalue weighted by atomic mass is 79.9. The first-order valence-corrected chi connectivity index (χ1v) is 36.3. The first-order chi connectivity index (χ1) is 49.1. The predicted octanol–water partition coefficient (Wildman–Crippen LogP) is 13.0. The number of halogens is 6. The second-order valence-electron chi connectivity index (χ2n) is 24.5. The van der Waals surface area contributed by atoms with Crippen molar-refractivity contribution in [1.29, 1.82) is 0 Å². The molecule has 0 unspecified atom stereocenters. The van der Waals surface area contributed by atoms with Crippen LogP contribution in [-0.4, -0.2) is 121 Å². The number of pyridine rings is 6. The average molecular weight is 1580 g/mol. The third kappa shape index (κ3) is 14.3. The van der Waals surface area contributed by atoms with Gasteiger partial charge in [0.2, 0.25) is 0 Å². The van der Waals surface area contributed by atoms with E-state index in [1.54, 1.807) is 142 Å². The molecule has 3 fully saturated rings. The molecule has 0 radical (unpaired) electrons. The van der Waals surface area contributed by atoms with E-state index in [9.17, 15) is 14.4 Å². The minimum absolute atomic E-state index is 0.0238. The Morgan fingerprint density at radius 1 is 0.406 bits per heavy atom. The van der Waals surface area contributed by atoms with Crippen LogP contribution < -0.4 is 31.4 Å². The van der Waals surface area contributed by atoms with Crippen LogP contribution in [0.3, 0.4) is 0 Å².